The van der Waals surface area contributed by atoms with E-state index in [2.05, 4.69) is 0 Å². The summed E-state index contributed by atoms with van der Waals surface area (Å²) in [7, 11) is 0. The van der Waals surface area contributed by atoms with Crippen LogP contribution in [0, 0.1) is 5.92 Å². The third-order valence-corrected chi connectivity index (χ3v) is 5.18. The molecule has 154 valence electrons. The van der Waals surface area contributed by atoms with Gasteiger partial charge in [-0.2, -0.15) is 13.2 Å². The largest absolute Gasteiger partial charge is 0.493 e. The minimum Gasteiger partial charge on any atom is -0.493 e. The van der Waals surface area contributed by atoms with Gasteiger partial charge in [-0.1, -0.05) is 42.3 Å². The minimum atomic E-state index is -4.49. The molecule has 1 unspecified atom stereocenters. The van der Waals surface area contributed by atoms with Gasteiger partial charge in [-0.3, -0.25) is 0 Å². The summed E-state index contributed by atoms with van der Waals surface area (Å²) in [6, 6.07) is 9.43. The molecule has 0 saturated heterocycles. The summed E-state index contributed by atoms with van der Waals surface area (Å²) in [5.74, 6) is -0.118. The van der Waals surface area contributed by atoms with Gasteiger partial charge in [0.1, 0.15) is 5.75 Å². The van der Waals surface area contributed by atoms with Crippen LogP contribution in [0.2, 0.25) is 10.0 Å². The van der Waals surface area contributed by atoms with Crippen molar-refractivity contribution in [3.63, 3.8) is 0 Å². The van der Waals surface area contributed by atoms with Crippen LogP contribution in [0.5, 0.6) is 5.75 Å². The fourth-order valence-electron chi connectivity index (χ4n) is 2.74. The molecule has 0 heterocycles. The van der Waals surface area contributed by atoms with Crippen molar-refractivity contribution in [3.05, 3.63) is 63.1 Å². The highest BCUT2D eigenvalue weighted by molar-refractivity contribution is 6.42. The van der Waals surface area contributed by atoms with Crippen LogP contribution in [0.15, 0.2) is 36.4 Å². The Morgan fingerprint density at radius 3 is 2.32 bits per heavy atom. The fourth-order valence-corrected chi connectivity index (χ4v) is 3.06. The Hall–Kier alpha value is -1.43. The lowest BCUT2D eigenvalue weighted by Gasteiger charge is -2.16. The Bertz CT molecular complexity index is 779. The van der Waals surface area contributed by atoms with Gasteiger partial charge in [0, 0.05) is 6.61 Å². The number of benzene rings is 2. The van der Waals surface area contributed by atoms with Crippen LogP contribution < -0.4 is 4.74 Å². The Balaban J connectivity index is 1.98. The molecule has 1 N–H and O–H groups in total. The van der Waals surface area contributed by atoms with Crippen molar-refractivity contribution in [2.75, 3.05) is 13.2 Å². The van der Waals surface area contributed by atoms with Crippen LogP contribution in [0.4, 0.5) is 13.2 Å². The molecule has 0 aliphatic heterocycles. The summed E-state index contributed by atoms with van der Waals surface area (Å²) >= 11 is 11.8. The molecule has 0 aliphatic rings. The van der Waals surface area contributed by atoms with Crippen LogP contribution in [0.25, 0.3) is 0 Å². The van der Waals surface area contributed by atoms with E-state index in [1.54, 1.807) is 18.2 Å². The summed E-state index contributed by atoms with van der Waals surface area (Å²) < 4.78 is 45.6. The molecule has 1 atom stereocenters. The molecule has 7 heteroatoms. The van der Waals surface area contributed by atoms with Crippen LogP contribution >= 0.6 is 23.2 Å². The Morgan fingerprint density at radius 2 is 1.68 bits per heavy atom. The van der Waals surface area contributed by atoms with Gasteiger partial charge < -0.3 is 9.84 Å². The maximum Gasteiger partial charge on any atom is 0.419 e. The van der Waals surface area contributed by atoms with Crippen molar-refractivity contribution in [2.24, 2.45) is 5.92 Å². The number of halogens is 5. The average molecular weight is 435 g/mol. The Labute approximate surface area is 173 Å². The lowest BCUT2D eigenvalue weighted by Crippen LogP contribution is -2.11. The third kappa shape index (κ3) is 6.87. The van der Waals surface area contributed by atoms with Gasteiger partial charge >= 0.3 is 6.18 Å². The van der Waals surface area contributed by atoms with Gasteiger partial charge in [-0.05, 0) is 67.0 Å². The molecule has 0 aliphatic carbocycles. The number of hydrogen-bond acceptors (Lipinski definition) is 2. The first kappa shape index (κ1) is 22.9. The lowest BCUT2D eigenvalue weighted by molar-refractivity contribution is -0.139. The number of ether oxygens (including phenoxy) is 1. The van der Waals surface area contributed by atoms with E-state index in [1.165, 1.54) is 6.07 Å². The summed E-state index contributed by atoms with van der Waals surface area (Å²) in [6.07, 6.45) is -2.22. The summed E-state index contributed by atoms with van der Waals surface area (Å²) in [5.41, 5.74) is 0.759. The molecule has 0 radical (unpaired) electrons. The zero-order chi connectivity index (χ0) is 20.7. The molecule has 0 spiro atoms. The van der Waals surface area contributed by atoms with Crippen molar-refractivity contribution in [1.82, 2.24) is 0 Å². The number of aryl methyl sites for hydroxylation is 2. The highest BCUT2D eigenvalue weighted by Crippen LogP contribution is 2.37. The minimum absolute atomic E-state index is 0.0200. The van der Waals surface area contributed by atoms with E-state index in [0.29, 0.717) is 41.3 Å². The standard InChI is InChI=1S/C21H23Cl2F3O2/c1-14(13-27)4-5-16-7-9-20(17(11-16)21(24,25)26)28-10-2-3-15-6-8-18(22)19(23)12-15/h6-9,11-12,14,27H,2-5,10,13H2,1H3. The molecular weight excluding hydrogens is 412 g/mol. The Kier molecular flexibility index (Phi) is 8.47. The molecule has 2 nitrogen and oxygen atoms in total. The summed E-state index contributed by atoms with van der Waals surface area (Å²) in [5, 5.41) is 9.97. The second-order valence-electron chi connectivity index (χ2n) is 6.86. The summed E-state index contributed by atoms with van der Waals surface area (Å²) in [6.45, 7) is 2.03. The van der Waals surface area contributed by atoms with E-state index in [1.807, 2.05) is 13.0 Å². The first-order chi connectivity index (χ1) is 13.2. The van der Waals surface area contributed by atoms with Gasteiger partial charge in [-0.25, -0.2) is 0 Å². The van der Waals surface area contributed by atoms with Crippen LogP contribution in [0.1, 0.15) is 36.5 Å². The first-order valence-electron chi connectivity index (χ1n) is 9.08. The predicted octanol–water partition coefficient (Wildman–Crippen LogP) is 6.58. The van der Waals surface area contributed by atoms with Crippen LogP contribution in [-0.4, -0.2) is 18.3 Å². The molecule has 0 bridgehead atoms. The number of aliphatic hydroxyl groups is 1. The van der Waals surface area contributed by atoms with Gasteiger partial charge in [0.15, 0.2) is 0 Å². The smallest absolute Gasteiger partial charge is 0.419 e. The number of rotatable bonds is 9. The number of alkyl halides is 3. The van der Waals surface area contributed by atoms with Crippen LogP contribution in [-0.2, 0) is 19.0 Å². The molecule has 0 fully saturated rings. The fraction of sp³-hybridized carbons (Fsp3) is 0.429. The topological polar surface area (TPSA) is 29.5 Å². The Morgan fingerprint density at radius 1 is 1.00 bits per heavy atom. The molecule has 2 rings (SSSR count). The third-order valence-electron chi connectivity index (χ3n) is 4.44. The second kappa shape index (κ2) is 10.4. The summed E-state index contributed by atoms with van der Waals surface area (Å²) in [4.78, 5) is 0. The monoisotopic (exact) mass is 434 g/mol. The molecule has 0 aromatic heterocycles. The molecule has 0 saturated carbocycles. The molecule has 0 amide bonds. The van der Waals surface area contributed by atoms with Crippen molar-refractivity contribution in [1.29, 1.82) is 0 Å². The zero-order valence-electron chi connectivity index (χ0n) is 15.5. The van der Waals surface area contributed by atoms with E-state index in [0.717, 1.165) is 11.6 Å². The first-order valence-corrected chi connectivity index (χ1v) is 9.84. The van der Waals surface area contributed by atoms with Gasteiger partial charge in [-0.15, -0.1) is 0 Å². The van der Waals surface area contributed by atoms with Gasteiger partial charge in [0.25, 0.3) is 0 Å². The number of aliphatic hydroxyl groups excluding tert-OH is 1. The van der Waals surface area contributed by atoms with Crippen molar-refractivity contribution < 1.29 is 23.0 Å². The van der Waals surface area contributed by atoms with Crippen LogP contribution in [0.3, 0.4) is 0 Å². The van der Waals surface area contributed by atoms with Crippen molar-refractivity contribution in [3.8, 4) is 5.75 Å². The quantitative estimate of drug-likeness (QED) is 0.451. The van der Waals surface area contributed by atoms with E-state index >= 15 is 0 Å². The second-order valence-corrected chi connectivity index (χ2v) is 7.67. The highest BCUT2D eigenvalue weighted by Gasteiger charge is 2.34. The van der Waals surface area contributed by atoms with Crippen molar-refractivity contribution >= 4 is 23.2 Å². The molecule has 2 aromatic rings. The van der Waals surface area contributed by atoms with Gasteiger partial charge in [0.2, 0.25) is 0 Å². The SMILES string of the molecule is CC(CO)CCc1ccc(OCCCc2ccc(Cl)c(Cl)c2)c(C(F)(F)F)c1. The predicted molar refractivity (Wildman–Crippen MR) is 106 cm³/mol. The van der Waals surface area contributed by atoms with Crippen molar-refractivity contribution in [2.45, 2.75) is 38.8 Å². The normalized spacial score (nSPS) is 12.8. The lowest BCUT2D eigenvalue weighted by atomic mass is 10.00. The van der Waals surface area contributed by atoms with E-state index < -0.39 is 11.7 Å². The van der Waals surface area contributed by atoms with E-state index in [9.17, 15) is 13.2 Å². The molecule has 2 aromatic carbocycles. The molecule has 28 heavy (non-hydrogen) atoms. The molecular formula is C21H23Cl2F3O2. The van der Waals surface area contributed by atoms with E-state index in [4.69, 9.17) is 33.0 Å². The highest BCUT2D eigenvalue weighted by atomic mass is 35.5. The maximum atomic E-state index is 13.4. The number of hydrogen-bond donors (Lipinski definition) is 1. The average Bonchev–Trinajstić information content (AvgIpc) is 2.65. The maximum absolute atomic E-state index is 13.4. The van der Waals surface area contributed by atoms with E-state index in [-0.39, 0.29) is 24.9 Å². The zero-order valence-corrected chi connectivity index (χ0v) is 17.0. The van der Waals surface area contributed by atoms with Gasteiger partial charge in [0.05, 0.1) is 22.2 Å².